The molecule has 2 aromatic heterocycles. The first kappa shape index (κ1) is 10.9. The van der Waals surface area contributed by atoms with E-state index < -0.39 is 0 Å². The van der Waals surface area contributed by atoms with Gasteiger partial charge in [-0.15, -0.1) is 11.3 Å². The Morgan fingerprint density at radius 3 is 2.73 bits per heavy atom. The summed E-state index contributed by atoms with van der Waals surface area (Å²) in [5, 5.41) is 0. The molecule has 15 heavy (non-hydrogen) atoms. The third-order valence-corrected chi connectivity index (χ3v) is 3.58. The van der Waals surface area contributed by atoms with E-state index in [2.05, 4.69) is 4.98 Å². The molecule has 0 saturated heterocycles. The highest BCUT2D eigenvalue weighted by molar-refractivity contribution is 7.20. The van der Waals surface area contributed by atoms with Crippen molar-refractivity contribution in [3.63, 3.8) is 0 Å². The highest BCUT2D eigenvalue weighted by Gasteiger charge is 2.15. The van der Waals surface area contributed by atoms with E-state index in [-0.39, 0.29) is 6.04 Å². The van der Waals surface area contributed by atoms with Gasteiger partial charge in [-0.1, -0.05) is 29.3 Å². The van der Waals surface area contributed by atoms with Crippen molar-refractivity contribution >= 4 is 34.5 Å². The smallest absolute Gasteiger partial charge is 0.0995 e. The van der Waals surface area contributed by atoms with E-state index >= 15 is 0 Å². The third kappa shape index (κ3) is 2.32. The molecule has 78 valence electrons. The lowest BCUT2D eigenvalue weighted by Gasteiger charge is -2.09. The number of nitrogens with zero attached hydrogens (tertiary/aromatic N) is 1. The zero-order chi connectivity index (χ0) is 10.8. The molecular formula is C10H8Cl2N2S. The molecule has 1 unspecified atom stereocenters. The summed E-state index contributed by atoms with van der Waals surface area (Å²) in [6.07, 6.45) is 3.44. The van der Waals surface area contributed by atoms with Crippen molar-refractivity contribution in [3.05, 3.63) is 50.4 Å². The second-order valence-corrected chi connectivity index (χ2v) is 5.33. The zero-order valence-corrected chi connectivity index (χ0v) is 9.98. The van der Waals surface area contributed by atoms with Gasteiger partial charge in [-0.25, -0.2) is 0 Å². The molecule has 1 atom stereocenters. The van der Waals surface area contributed by atoms with Crippen LogP contribution in [0.15, 0.2) is 30.6 Å². The second-order valence-electron chi connectivity index (χ2n) is 3.04. The van der Waals surface area contributed by atoms with Gasteiger partial charge in [0.25, 0.3) is 0 Å². The molecule has 0 saturated carbocycles. The molecule has 0 aliphatic carbocycles. The molecule has 0 bridgehead atoms. The molecule has 0 aliphatic rings. The average molecular weight is 259 g/mol. The lowest BCUT2D eigenvalue weighted by atomic mass is 10.0. The van der Waals surface area contributed by atoms with Crippen LogP contribution in [0.5, 0.6) is 0 Å². The SMILES string of the molecule is NC(c1cccnc1)c1cc(Cl)sc1Cl. The standard InChI is InChI=1S/C10H8Cl2N2S/c11-8-4-7(10(12)15-8)9(13)6-2-1-3-14-5-6/h1-5,9H,13H2. The first-order chi connectivity index (χ1) is 7.18. The average Bonchev–Trinajstić information content (AvgIpc) is 2.58. The van der Waals surface area contributed by atoms with E-state index in [0.29, 0.717) is 8.67 Å². The maximum absolute atomic E-state index is 6.05. The first-order valence-electron chi connectivity index (χ1n) is 4.28. The van der Waals surface area contributed by atoms with Crippen molar-refractivity contribution in [3.8, 4) is 0 Å². The summed E-state index contributed by atoms with van der Waals surface area (Å²) in [6.45, 7) is 0. The molecule has 0 radical (unpaired) electrons. The van der Waals surface area contributed by atoms with E-state index in [0.717, 1.165) is 11.1 Å². The minimum Gasteiger partial charge on any atom is -0.320 e. The Bertz CT molecular complexity index is 456. The monoisotopic (exact) mass is 258 g/mol. The molecule has 2 aromatic rings. The maximum Gasteiger partial charge on any atom is 0.0995 e. The van der Waals surface area contributed by atoms with Crippen LogP contribution in [0.3, 0.4) is 0 Å². The van der Waals surface area contributed by atoms with E-state index in [9.17, 15) is 0 Å². The van der Waals surface area contributed by atoms with Crippen molar-refractivity contribution in [2.45, 2.75) is 6.04 Å². The molecule has 0 fully saturated rings. The van der Waals surface area contributed by atoms with Gasteiger partial charge in [-0.3, -0.25) is 4.98 Å². The highest BCUT2D eigenvalue weighted by atomic mass is 35.5. The van der Waals surface area contributed by atoms with E-state index in [1.54, 1.807) is 18.5 Å². The normalized spacial score (nSPS) is 12.7. The number of aromatic nitrogens is 1. The molecule has 2 rings (SSSR count). The number of hydrogen-bond donors (Lipinski definition) is 1. The highest BCUT2D eigenvalue weighted by Crippen LogP contribution is 2.36. The Labute approximate surface area is 102 Å². The largest absolute Gasteiger partial charge is 0.320 e. The number of halogens is 2. The van der Waals surface area contributed by atoms with Crippen LogP contribution < -0.4 is 5.73 Å². The maximum atomic E-state index is 6.05. The van der Waals surface area contributed by atoms with Gasteiger partial charge in [0.05, 0.1) is 14.7 Å². The van der Waals surface area contributed by atoms with Gasteiger partial charge >= 0.3 is 0 Å². The van der Waals surface area contributed by atoms with Gasteiger partial charge in [0, 0.05) is 18.0 Å². The van der Waals surface area contributed by atoms with Crippen LogP contribution in [0.4, 0.5) is 0 Å². The Morgan fingerprint density at radius 2 is 2.20 bits per heavy atom. The minimum atomic E-state index is -0.269. The molecule has 5 heteroatoms. The Balaban J connectivity index is 2.36. The lowest BCUT2D eigenvalue weighted by molar-refractivity contribution is 0.868. The third-order valence-electron chi connectivity index (χ3n) is 2.06. The predicted octanol–water partition coefficient (Wildman–Crippen LogP) is 3.50. The minimum absolute atomic E-state index is 0.269. The molecule has 2 heterocycles. The molecule has 0 aliphatic heterocycles. The lowest BCUT2D eigenvalue weighted by Crippen LogP contribution is -2.11. The van der Waals surface area contributed by atoms with Crippen LogP contribution >= 0.6 is 34.5 Å². The summed E-state index contributed by atoms with van der Waals surface area (Å²) in [7, 11) is 0. The van der Waals surface area contributed by atoms with E-state index in [4.69, 9.17) is 28.9 Å². The number of hydrogen-bond acceptors (Lipinski definition) is 3. The van der Waals surface area contributed by atoms with Gasteiger partial charge in [0.15, 0.2) is 0 Å². The van der Waals surface area contributed by atoms with Gasteiger partial charge < -0.3 is 5.73 Å². The Hall–Kier alpha value is -0.610. The fourth-order valence-corrected chi connectivity index (χ4v) is 2.85. The van der Waals surface area contributed by atoms with Crippen LogP contribution in [0.1, 0.15) is 17.2 Å². The van der Waals surface area contributed by atoms with Crippen LogP contribution in [-0.2, 0) is 0 Å². The first-order valence-corrected chi connectivity index (χ1v) is 5.86. The number of rotatable bonds is 2. The van der Waals surface area contributed by atoms with Crippen LogP contribution in [0.25, 0.3) is 0 Å². The number of thiophene rings is 1. The Kier molecular flexibility index (Phi) is 3.26. The van der Waals surface area contributed by atoms with E-state index in [1.807, 2.05) is 12.1 Å². The molecule has 0 aromatic carbocycles. The van der Waals surface area contributed by atoms with E-state index in [1.165, 1.54) is 11.3 Å². The molecule has 2 N–H and O–H groups in total. The summed E-state index contributed by atoms with van der Waals surface area (Å²) in [5.41, 5.74) is 7.83. The van der Waals surface area contributed by atoms with Gasteiger partial charge in [-0.05, 0) is 17.7 Å². The van der Waals surface area contributed by atoms with Crippen molar-refractivity contribution in [2.24, 2.45) is 5.73 Å². The van der Waals surface area contributed by atoms with Gasteiger partial charge in [-0.2, -0.15) is 0 Å². The summed E-state index contributed by atoms with van der Waals surface area (Å²) in [6, 6.07) is 5.29. The van der Waals surface area contributed by atoms with Crippen molar-refractivity contribution in [1.82, 2.24) is 4.98 Å². The fraction of sp³-hybridized carbons (Fsp3) is 0.100. The summed E-state index contributed by atoms with van der Waals surface area (Å²) < 4.78 is 1.28. The topological polar surface area (TPSA) is 38.9 Å². The summed E-state index contributed by atoms with van der Waals surface area (Å²) in [5.74, 6) is 0. The molecular weight excluding hydrogens is 251 g/mol. The molecule has 0 spiro atoms. The van der Waals surface area contributed by atoms with Gasteiger partial charge in [0.1, 0.15) is 0 Å². The Morgan fingerprint density at radius 1 is 1.40 bits per heavy atom. The summed E-state index contributed by atoms with van der Waals surface area (Å²) in [4.78, 5) is 4.02. The number of pyridine rings is 1. The quantitative estimate of drug-likeness (QED) is 0.896. The molecule has 2 nitrogen and oxygen atoms in total. The van der Waals surface area contributed by atoms with Crippen LogP contribution in [-0.4, -0.2) is 4.98 Å². The van der Waals surface area contributed by atoms with Crippen molar-refractivity contribution in [1.29, 1.82) is 0 Å². The molecule has 0 amide bonds. The van der Waals surface area contributed by atoms with Crippen molar-refractivity contribution in [2.75, 3.05) is 0 Å². The fourth-order valence-electron chi connectivity index (χ4n) is 1.30. The second kappa shape index (κ2) is 4.49. The van der Waals surface area contributed by atoms with Gasteiger partial charge in [0.2, 0.25) is 0 Å². The predicted molar refractivity (Wildman–Crippen MR) is 64.6 cm³/mol. The van der Waals surface area contributed by atoms with Crippen LogP contribution in [0.2, 0.25) is 8.67 Å². The van der Waals surface area contributed by atoms with Crippen molar-refractivity contribution < 1.29 is 0 Å². The summed E-state index contributed by atoms with van der Waals surface area (Å²) >= 11 is 13.2. The zero-order valence-electron chi connectivity index (χ0n) is 7.65. The number of nitrogens with two attached hydrogens (primary N) is 1. The van der Waals surface area contributed by atoms with Crippen LogP contribution in [0, 0.1) is 0 Å².